The molecule has 0 aliphatic carbocycles. The van der Waals surface area contributed by atoms with Crippen LogP contribution < -0.4 is 11.1 Å². The van der Waals surface area contributed by atoms with Crippen molar-refractivity contribution in [2.75, 3.05) is 18.4 Å². The van der Waals surface area contributed by atoms with Gasteiger partial charge in [0.2, 0.25) is 0 Å². The third-order valence-corrected chi connectivity index (χ3v) is 4.86. The van der Waals surface area contributed by atoms with Gasteiger partial charge in [0.05, 0.1) is 6.10 Å². The quantitative estimate of drug-likeness (QED) is 0.545. The zero-order valence-corrected chi connectivity index (χ0v) is 14.6. The van der Waals surface area contributed by atoms with Crippen LogP contribution in [-0.4, -0.2) is 54.9 Å². The molecule has 1 fully saturated rings. The number of benzene rings is 1. The van der Waals surface area contributed by atoms with E-state index in [4.69, 9.17) is 5.73 Å². The van der Waals surface area contributed by atoms with E-state index in [2.05, 4.69) is 20.3 Å². The van der Waals surface area contributed by atoms with Crippen LogP contribution in [0.15, 0.2) is 36.8 Å². The van der Waals surface area contributed by atoms with Gasteiger partial charge in [-0.15, -0.1) is 0 Å². The summed E-state index contributed by atoms with van der Waals surface area (Å²) in [6, 6.07) is 5.79. The molecule has 4 rings (SSSR count). The van der Waals surface area contributed by atoms with E-state index in [9.17, 15) is 14.6 Å². The van der Waals surface area contributed by atoms with Gasteiger partial charge in [0.1, 0.15) is 11.8 Å². The standard InChI is InChI=1S/C18H21FN6O2/c19-13-2-1-12(7-15(13)26)23-18-17-11(3-6-25(17)22-10-21-18)8-24-5-4-14(20)16(27)9-24/h1-3,6-7,10,14,16,26-27H,4-5,8-9,20H2,(H,21,22,23)/t14-,16-/m1/s1. The van der Waals surface area contributed by atoms with E-state index in [1.54, 1.807) is 4.52 Å². The van der Waals surface area contributed by atoms with Gasteiger partial charge in [-0.3, -0.25) is 4.90 Å². The third kappa shape index (κ3) is 3.57. The number of phenolic OH excluding ortho intramolecular Hbond substituents is 1. The molecule has 0 amide bonds. The van der Waals surface area contributed by atoms with Crippen molar-refractivity contribution in [3.63, 3.8) is 0 Å². The number of hydrogen-bond donors (Lipinski definition) is 4. The second-order valence-corrected chi connectivity index (χ2v) is 6.79. The number of likely N-dealkylation sites (tertiary alicyclic amines) is 1. The minimum absolute atomic E-state index is 0.182. The highest BCUT2D eigenvalue weighted by atomic mass is 19.1. The van der Waals surface area contributed by atoms with Crippen LogP contribution in [0.4, 0.5) is 15.9 Å². The fourth-order valence-corrected chi connectivity index (χ4v) is 3.36. The van der Waals surface area contributed by atoms with Crippen molar-refractivity contribution in [3.05, 3.63) is 48.2 Å². The van der Waals surface area contributed by atoms with Crippen LogP contribution in [0.25, 0.3) is 5.52 Å². The molecular weight excluding hydrogens is 351 g/mol. The number of nitrogens with one attached hydrogen (secondary N) is 1. The van der Waals surface area contributed by atoms with Crippen LogP contribution in [0.5, 0.6) is 5.75 Å². The monoisotopic (exact) mass is 372 g/mol. The van der Waals surface area contributed by atoms with Crippen LogP contribution >= 0.6 is 0 Å². The smallest absolute Gasteiger partial charge is 0.164 e. The highest BCUT2D eigenvalue weighted by Gasteiger charge is 2.25. The maximum absolute atomic E-state index is 13.3. The Bertz CT molecular complexity index is 962. The number of fused-ring (bicyclic) bond motifs is 1. The molecule has 1 saturated heterocycles. The Labute approximate surface area is 155 Å². The Kier molecular flexibility index (Phi) is 4.65. The molecule has 0 radical (unpaired) electrons. The number of nitrogens with zero attached hydrogens (tertiary/aromatic N) is 4. The van der Waals surface area contributed by atoms with Crippen molar-refractivity contribution >= 4 is 17.0 Å². The van der Waals surface area contributed by atoms with E-state index in [1.807, 2.05) is 12.3 Å². The zero-order chi connectivity index (χ0) is 19.0. The number of piperidine rings is 1. The molecule has 142 valence electrons. The predicted octanol–water partition coefficient (Wildman–Crippen LogP) is 1.21. The molecule has 1 aromatic carbocycles. The first-order chi connectivity index (χ1) is 13.0. The maximum Gasteiger partial charge on any atom is 0.164 e. The van der Waals surface area contributed by atoms with Gasteiger partial charge in [-0.1, -0.05) is 0 Å². The minimum Gasteiger partial charge on any atom is -0.505 e. The summed E-state index contributed by atoms with van der Waals surface area (Å²) in [5, 5.41) is 26.9. The Hall–Kier alpha value is -2.75. The second-order valence-electron chi connectivity index (χ2n) is 6.79. The highest BCUT2D eigenvalue weighted by Crippen LogP contribution is 2.27. The van der Waals surface area contributed by atoms with Crippen LogP contribution in [0, 0.1) is 5.82 Å². The number of halogens is 1. The van der Waals surface area contributed by atoms with E-state index >= 15 is 0 Å². The molecule has 5 N–H and O–H groups in total. The molecule has 8 nitrogen and oxygen atoms in total. The number of aromatic hydroxyl groups is 1. The zero-order valence-electron chi connectivity index (χ0n) is 14.6. The summed E-state index contributed by atoms with van der Waals surface area (Å²) in [5.41, 5.74) is 8.17. The van der Waals surface area contributed by atoms with E-state index in [0.29, 0.717) is 24.6 Å². The summed E-state index contributed by atoms with van der Waals surface area (Å²) >= 11 is 0. The average molecular weight is 372 g/mol. The van der Waals surface area contributed by atoms with Crippen LogP contribution in [0.3, 0.4) is 0 Å². The van der Waals surface area contributed by atoms with Crippen LogP contribution in [0.1, 0.15) is 12.0 Å². The summed E-state index contributed by atoms with van der Waals surface area (Å²) in [4.78, 5) is 6.44. The number of β-amino-alcohol motifs (C(OH)–C–C–N with tert-alkyl or cyclic N) is 1. The van der Waals surface area contributed by atoms with Crippen LogP contribution in [-0.2, 0) is 6.54 Å². The van der Waals surface area contributed by atoms with Crippen molar-refractivity contribution in [1.82, 2.24) is 19.5 Å². The van der Waals surface area contributed by atoms with Crippen molar-refractivity contribution < 1.29 is 14.6 Å². The van der Waals surface area contributed by atoms with Crippen molar-refractivity contribution in [3.8, 4) is 5.75 Å². The molecule has 3 heterocycles. The van der Waals surface area contributed by atoms with Gasteiger partial charge in [0, 0.05) is 43.6 Å². The number of aromatic nitrogens is 3. The Morgan fingerprint density at radius 1 is 1.33 bits per heavy atom. The Morgan fingerprint density at radius 2 is 2.19 bits per heavy atom. The number of phenols is 1. The van der Waals surface area contributed by atoms with Crippen molar-refractivity contribution in [1.29, 1.82) is 0 Å². The molecule has 1 aliphatic heterocycles. The number of rotatable bonds is 4. The van der Waals surface area contributed by atoms with Crippen molar-refractivity contribution in [2.45, 2.75) is 25.1 Å². The Morgan fingerprint density at radius 3 is 2.96 bits per heavy atom. The summed E-state index contributed by atoms with van der Waals surface area (Å²) < 4.78 is 15.0. The first kappa shape index (κ1) is 17.7. The lowest BCUT2D eigenvalue weighted by atomic mass is 10.0. The molecular formula is C18H21FN6O2. The number of aliphatic hydroxyl groups is 1. The number of hydrogen-bond acceptors (Lipinski definition) is 7. The second kappa shape index (κ2) is 7.10. The Balaban J connectivity index is 1.62. The van der Waals surface area contributed by atoms with Gasteiger partial charge >= 0.3 is 0 Å². The molecule has 9 heteroatoms. The molecule has 0 bridgehead atoms. The minimum atomic E-state index is -0.682. The number of nitrogens with two attached hydrogens (primary N) is 1. The SMILES string of the molecule is N[C@@H]1CCN(Cc2ccn3ncnc(Nc4ccc(F)c(O)c4)c23)C[C@H]1O. The van der Waals surface area contributed by atoms with Gasteiger partial charge < -0.3 is 21.3 Å². The third-order valence-electron chi connectivity index (χ3n) is 4.86. The molecule has 0 unspecified atom stereocenters. The van der Waals surface area contributed by atoms with E-state index < -0.39 is 17.7 Å². The molecule has 1 aliphatic rings. The molecule has 2 atom stereocenters. The van der Waals surface area contributed by atoms with Crippen LogP contribution in [0.2, 0.25) is 0 Å². The average Bonchev–Trinajstić information content (AvgIpc) is 3.05. The normalized spacial score (nSPS) is 20.9. The van der Waals surface area contributed by atoms with Crippen molar-refractivity contribution in [2.24, 2.45) is 5.73 Å². The van der Waals surface area contributed by atoms with Gasteiger partial charge in [-0.25, -0.2) is 13.9 Å². The lowest BCUT2D eigenvalue weighted by Gasteiger charge is -2.33. The van der Waals surface area contributed by atoms with E-state index in [-0.39, 0.29) is 6.04 Å². The van der Waals surface area contributed by atoms with Gasteiger partial charge in [-0.2, -0.15) is 5.10 Å². The summed E-state index contributed by atoms with van der Waals surface area (Å²) in [7, 11) is 0. The first-order valence-electron chi connectivity index (χ1n) is 8.74. The fourth-order valence-electron chi connectivity index (χ4n) is 3.36. The van der Waals surface area contributed by atoms with E-state index in [0.717, 1.165) is 24.0 Å². The molecule has 0 spiro atoms. The summed E-state index contributed by atoms with van der Waals surface area (Å²) in [6.45, 7) is 1.94. The fraction of sp³-hybridized carbons (Fsp3) is 0.333. The first-order valence-corrected chi connectivity index (χ1v) is 8.74. The molecule has 3 aromatic rings. The molecule has 0 saturated carbocycles. The van der Waals surface area contributed by atoms with Gasteiger partial charge in [0.25, 0.3) is 0 Å². The predicted molar refractivity (Wildman–Crippen MR) is 98.2 cm³/mol. The number of anilines is 2. The molecule has 27 heavy (non-hydrogen) atoms. The molecule has 2 aromatic heterocycles. The van der Waals surface area contributed by atoms with Gasteiger partial charge in [-0.05, 0) is 30.2 Å². The lowest BCUT2D eigenvalue weighted by Crippen LogP contribution is -2.50. The summed E-state index contributed by atoms with van der Waals surface area (Å²) in [5.74, 6) is -0.566. The topological polar surface area (TPSA) is 112 Å². The maximum atomic E-state index is 13.3. The van der Waals surface area contributed by atoms with Gasteiger partial charge in [0.15, 0.2) is 17.4 Å². The van der Waals surface area contributed by atoms with E-state index in [1.165, 1.54) is 24.5 Å². The number of aliphatic hydroxyl groups excluding tert-OH is 1. The largest absolute Gasteiger partial charge is 0.505 e. The highest BCUT2D eigenvalue weighted by molar-refractivity contribution is 5.76. The summed E-state index contributed by atoms with van der Waals surface area (Å²) in [6.07, 6.45) is 3.46. The lowest BCUT2D eigenvalue weighted by molar-refractivity contribution is 0.0501.